The first-order valence-electron chi connectivity index (χ1n) is 8.12. The lowest BCUT2D eigenvalue weighted by Crippen LogP contribution is -2.18. The minimum Gasteiger partial charge on any atom is -0.462 e. The van der Waals surface area contributed by atoms with Gasteiger partial charge in [-0.15, -0.1) is 0 Å². The highest BCUT2D eigenvalue weighted by atomic mass is 16.5. The Labute approximate surface area is 130 Å². The van der Waals surface area contributed by atoms with E-state index in [0.717, 1.165) is 11.3 Å². The molecule has 0 N–H and O–H groups in total. The molecular weight excluding hydrogens is 272 g/mol. The summed E-state index contributed by atoms with van der Waals surface area (Å²) >= 11 is 0. The highest BCUT2D eigenvalue weighted by Gasteiger charge is 2.42. The van der Waals surface area contributed by atoms with Gasteiger partial charge in [0.2, 0.25) is 0 Å². The molecule has 0 saturated heterocycles. The first kappa shape index (κ1) is 13.6. The molecule has 2 aliphatic carbocycles. The summed E-state index contributed by atoms with van der Waals surface area (Å²) in [4.78, 5) is 12.2. The number of rotatable bonds is 3. The molecule has 22 heavy (non-hydrogen) atoms. The maximum atomic E-state index is 12.2. The van der Waals surface area contributed by atoms with Crippen LogP contribution in [0.2, 0.25) is 0 Å². The summed E-state index contributed by atoms with van der Waals surface area (Å²) in [6.45, 7) is 2.25. The normalized spacial score (nSPS) is 25.8. The lowest BCUT2D eigenvalue weighted by atomic mass is 9.77. The number of carbonyl (C=O) groups is 1. The molecule has 2 unspecified atom stereocenters. The van der Waals surface area contributed by atoms with Gasteiger partial charge < -0.3 is 4.74 Å². The van der Waals surface area contributed by atoms with Gasteiger partial charge in [-0.05, 0) is 54.5 Å². The standard InChI is InChI=1S/C20H20O2/c1-2-22-19(21)17-7-3-6-16-15(17)5-4-8-18(16)20-11-9-14(13-20)10-12-20/h3-9,11,14H,2,10,12-13H2,1H3. The van der Waals surface area contributed by atoms with Crippen LogP contribution in [0.1, 0.15) is 42.1 Å². The highest BCUT2D eigenvalue weighted by Crippen LogP contribution is 2.52. The number of benzene rings is 2. The Bertz CT molecular complexity index is 774. The van der Waals surface area contributed by atoms with Gasteiger partial charge in [0.05, 0.1) is 12.2 Å². The predicted octanol–water partition coefficient (Wildman–Crippen LogP) is 4.62. The van der Waals surface area contributed by atoms with Crippen molar-refractivity contribution in [3.63, 3.8) is 0 Å². The van der Waals surface area contributed by atoms with Crippen LogP contribution in [0, 0.1) is 5.92 Å². The van der Waals surface area contributed by atoms with E-state index < -0.39 is 0 Å². The van der Waals surface area contributed by atoms with Crippen LogP contribution >= 0.6 is 0 Å². The summed E-state index contributed by atoms with van der Waals surface area (Å²) in [6.07, 6.45) is 8.49. The molecule has 1 saturated carbocycles. The zero-order chi connectivity index (χ0) is 15.2. The van der Waals surface area contributed by atoms with Crippen molar-refractivity contribution in [2.75, 3.05) is 6.61 Å². The van der Waals surface area contributed by atoms with Crippen LogP contribution in [0.25, 0.3) is 10.8 Å². The van der Waals surface area contributed by atoms with Gasteiger partial charge in [0.15, 0.2) is 0 Å². The van der Waals surface area contributed by atoms with Crippen molar-refractivity contribution in [1.29, 1.82) is 0 Å². The summed E-state index contributed by atoms with van der Waals surface area (Å²) < 4.78 is 5.21. The van der Waals surface area contributed by atoms with E-state index in [1.165, 1.54) is 30.2 Å². The molecule has 0 radical (unpaired) electrons. The second kappa shape index (κ2) is 4.98. The Morgan fingerprint density at radius 3 is 2.73 bits per heavy atom. The Morgan fingerprint density at radius 2 is 2.05 bits per heavy atom. The molecule has 2 aromatic carbocycles. The number of esters is 1. The fraction of sp³-hybridized carbons (Fsp3) is 0.350. The second-order valence-corrected chi connectivity index (χ2v) is 6.44. The van der Waals surface area contributed by atoms with Gasteiger partial charge in [0, 0.05) is 5.41 Å². The van der Waals surface area contributed by atoms with Crippen molar-refractivity contribution in [1.82, 2.24) is 0 Å². The number of hydrogen-bond acceptors (Lipinski definition) is 2. The van der Waals surface area contributed by atoms with E-state index in [-0.39, 0.29) is 11.4 Å². The smallest absolute Gasteiger partial charge is 0.338 e. The monoisotopic (exact) mass is 292 g/mol. The molecule has 2 atom stereocenters. The fourth-order valence-corrected chi connectivity index (χ4v) is 4.22. The molecule has 112 valence electrons. The number of hydrogen-bond donors (Lipinski definition) is 0. The van der Waals surface area contributed by atoms with Gasteiger partial charge >= 0.3 is 5.97 Å². The first-order chi connectivity index (χ1) is 10.7. The van der Waals surface area contributed by atoms with E-state index in [0.29, 0.717) is 12.2 Å². The van der Waals surface area contributed by atoms with Crippen molar-refractivity contribution in [3.05, 3.63) is 59.7 Å². The molecule has 0 amide bonds. The SMILES string of the molecule is CCOC(=O)c1cccc2c(C34C=CC(CC3)C4)cccc12. The summed E-state index contributed by atoms with van der Waals surface area (Å²) in [5.74, 6) is 0.512. The predicted molar refractivity (Wildman–Crippen MR) is 88.1 cm³/mol. The third kappa shape index (κ3) is 1.90. The third-order valence-corrected chi connectivity index (χ3v) is 5.23. The number of fused-ring (bicyclic) bond motifs is 3. The Hall–Kier alpha value is -2.09. The van der Waals surface area contributed by atoms with E-state index in [1.807, 2.05) is 25.1 Å². The van der Waals surface area contributed by atoms with E-state index in [9.17, 15) is 4.79 Å². The van der Waals surface area contributed by atoms with Crippen LogP contribution in [0.3, 0.4) is 0 Å². The average Bonchev–Trinajstić information content (AvgIpc) is 3.16. The molecule has 0 spiro atoms. The average molecular weight is 292 g/mol. The van der Waals surface area contributed by atoms with E-state index in [4.69, 9.17) is 4.74 Å². The molecule has 2 heteroatoms. The summed E-state index contributed by atoms with van der Waals surface area (Å²) in [7, 11) is 0. The van der Waals surface area contributed by atoms with Crippen LogP contribution in [0.4, 0.5) is 0 Å². The van der Waals surface area contributed by atoms with Gasteiger partial charge in [-0.25, -0.2) is 4.79 Å². The van der Waals surface area contributed by atoms with E-state index >= 15 is 0 Å². The maximum absolute atomic E-state index is 12.2. The molecule has 2 aromatic rings. The first-order valence-corrected chi connectivity index (χ1v) is 8.12. The Balaban J connectivity index is 1.90. The number of allylic oxidation sites excluding steroid dienone is 2. The lowest BCUT2D eigenvalue weighted by molar-refractivity contribution is 0.0528. The van der Waals surface area contributed by atoms with Gasteiger partial charge in [0.25, 0.3) is 0 Å². The molecule has 0 aromatic heterocycles. The van der Waals surface area contributed by atoms with Gasteiger partial charge in [-0.2, -0.15) is 0 Å². The number of ether oxygens (including phenoxy) is 1. The minimum absolute atomic E-state index is 0.178. The van der Waals surface area contributed by atoms with Crippen LogP contribution in [0.15, 0.2) is 48.6 Å². The Kier molecular flexibility index (Phi) is 3.07. The molecule has 1 fully saturated rings. The van der Waals surface area contributed by atoms with Crippen LogP contribution in [0.5, 0.6) is 0 Å². The van der Waals surface area contributed by atoms with Crippen molar-refractivity contribution >= 4 is 16.7 Å². The van der Waals surface area contributed by atoms with E-state index in [1.54, 1.807) is 0 Å². The van der Waals surface area contributed by atoms with Crippen LogP contribution in [-0.2, 0) is 10.2 Å². The zero-order valence-electron chi connectivity index (χ0n) is 12.8. The summed E-state index contributed by atoms with van der Waals surface area (Å²) in [5.41, 5.74) is 2.22. The topological polar surface area (TPSA) is 26.3 Å². The Morgan fingerprint density at radius 1 is 1.23 bits per heavy atom. The molecular formula is C20H20O2. The van der Waals surface area contributed by atoms with Crippen LogP contribution in [-0.4, -0.2) is 12.6 Å². The quantitative estimate of drug-likeness (QED) is 0.609. The van der Waals surface area contributed by atoms with Crippen molar-refractivity contribution in [2.24, 2.45) is 5.92 Å². The summed E-state index contributed by atoms with van der Waals surface area (Å²) in [5, 5.41) is 2.21. The molecule has 0 heterocycles. The number of carbonyl (C=O) groups excluding carboxylic acids is 1. The molecule has 2 aliphatic rings. The lowest BCUT2D eigenvalue weighted by Gasteiger charge is -2.26. The van der Waals surface area contributed by atoms with Crippen molar-refractivity contribution < 1.29 is 9.53 Å². The molecule has 2 nitrogen and oxygen atoms in total. The second-order valence-electron chi connectivity index (χ2n) is 6.44. The molecule has 0 aliphatic heterocycles. The molecule has 2 bridgehead atoms. The van der Waals surface area contributed by atoms with Crippen LogP contribution < -0.4 is 0 Å². The minimum atomic E-state index is -0.228. The summed E-state index contributed by atoms with van der Waals surface area (Å²) in [6, 6.07) is 12.3. The highest BCUT2D eigenvalue weighted by molar-refractivity contribution is 6.05. The van der Waals surface area contributed by atoms with Gasteiger partial charge in [-0.1, -0.05) is 42.5 Å². The third-order valence-electron chi connectivity index (χ3n) is 5.23. The fourth-order valence-electron chi connectivity index (χ4n) is 4.22. The zero-order valence-corrected chi connectivity index (χ0v) is 12.8. The maximum Gasteiger partial charge on any atom is 0.338 e. The largest absolute Gasteiger partial charge is 0.462 e. The van der Waals surface area contributed by atoms with Crippen molar-refractivity contribution in [2.45, 2.75) is 31.6 Å². The van der Waals surface area contributed by atoms with Crippen molar-refractivity contribution in [3.8, 4) is 0 Å². The molecule has 4 rings (SSSR count). The van der Waals surface area contributed by atoms with Gasteiger partial charge in [0.1, 0.15) is 0 Å². The van der Waals surface area contributed by atoms with Gasteiger partial charge in [-0.3, -0.25) is 0 Å². The van der Waals surface area contributed by atoms with E-state index in [2.05, 4.69) is 30.4 Å².